The molecule has 5 nitrogen and oxygen atoms in total. The van der Waals surface area contributed by atoms with Crippen molar-refractivity contribution in [3.63, 3.8) is 0 Å². The van der Waals surface area contributed by atoms with Gasteiger partial charge in [-0.05, 0) is 39.0 Å². The number of carbonyl (C=O) groups is 1. The Morgan fingerprint density at radius 3 is 2.68 bits per heavy atom. The van der Waals surface area contributed by atoms with E-state index in [-0.39, 0.29) is 6.10 Å². The molecule has 0 amide bonds. The van der Waals surface area contributed by atoms with Gasteiger partial charge in [-0.2, -0.15) is 0 Å². The molecule has 1 atom stereocenters. The molecule has 0 fully saturated rings. The number of carbonyl (C=O) groups excluding carboxylic acids is 1. The van der Waals surface area contributed by atoms with Crippen LogP contribution in [0.1, 0.15) is 31.1 Å². The molecule has 19 heavy (non-hydrogen) atoms. The summed E-state index contributed by atoms with van der Waals surface area (Å²) in [4.78, 5) is 11.8. The molecule has 0 saturated heterocycles. The van der Waals surface area contributed by atoms with E-state index in [2.05, 4.69) is 0 Å². The van der Waals surface area contributed by atoms with Gasteiger partial charge in [0.2, 0.25) is 0 Å². The van der Waals surface area contributed by atoms with Crippen LogP contribution >= 0.6 is 0 Å². The van der Waals surface area contributed by atoms with Crippen LogP contribution in [0.15, 0.2) is 18.2 Å². The number of esters is 1. The molecule has 0 radical (unpaired) electrons. The summed E-state index contributed by atoms with van der Waals surface area (Å²) in [6.45, 7) is 6.94. The van der Waals surface area contributed by atoms with E-state index in [1.807, 2.05) is 13.8 Å². The van der Waals surface area contributed by atoms with E-state index in [4.69, 9.17) is 19.9 Å². The van der Waals surface area contributed by atoms with Crippen LogP contribution < -0.4 is 10.5 Å². The number of nitrogens with two attached hydrogens (primary N) is 1. The molecule has 0 heterocycles. The Bertz CT molecular complexity index is 420. The predicted octanol–water partition coefficient (Wildman–Crippen LogP) is 2.25. The minimum atomic E-state index is -0.437. The summed E-state index contributed by atoms with van der Waals surface area (Å²) in [5.74, 6) is 0.0215. The normalized spacial score (nSPS) is 11.9. The van der Waals surface area contributed by atoms with Crippen molar-refractivity contribution >= 4 is 11.7 Å². The fraction of sp³-hybridized carbons (Fsp3) is 0.500. The topological polar surface area (TPSA) is 70.8 Å². The van der Waals surface area contributed by atoms with Crippen molar-refractivity contribution in [2.24, 2.45) is 0 Å². The molecule has 0 aliphatic rings. The molecule has 0 aromatic heterocycles. The summed E-state index contributed by atoms with van der Waals surface area (Å²) >= 11 is 0. The van der Waals surface area contributed by atoms with Gasteiger partial charge < -0.3 is 19.9 Å². The van der Waals surface area contributed by atoms with Gasteiger partial charge in [0.15, 0.2) is 0 Å². The zero-order valence-corrected chi connectivity index (χ0v) is 11.6. The van der Waals surface area contributed by atoms with Crippen molar-refractivity contribution in [2.75, 3.05) is 25.6 Å². The summed E-state index contributed by atoms with van der Waals surface area (Å²) in [5.41, 5.74) is 6.52. The van der Waals surface area contributed by atoms with Gasteiger partial charge in [-0.3, -0.25) is 0 Å². The van der Waals surface area contributed by atoms with Gasteiger partial charge in [0, 0.05) is 12.3 Å². The Morgan fingerprint density at radius 2 is 2.05 bits per heavy atom. The first-order valence-electron chi connectivity index (χ1n) is 6.39. The standard InChI is InChI=1S/C14H21NO4/c1-4-17-9-10(3)19-13-7-6-11(15)8-12(13)14(16)18-5-2/h6-8,10H,4-5,9,15H2,1-3H3. The summed E-state index contributed by atoms with van der Waals surface area (Å²) in [6.07, 6.45) is -0.156. The lowest BCUT2D eigenvalue weighted by Gasteiger charge is -2.17. The first kappa shape index (κ1) is 15.3. The highest BCUT2D eigenvalue weighted by Gasteiger charge is 2.16. The van der Waals surface area contributed by atoms with Crippen LogP contribution in [-0.4, -0.2) is 31.9 Å². The molecule has 0 spiro atoms. The second-order valence-corrected chi connectivity index (χ2v) is 4.06. The Labute approximate surface area is 113 Å². The summed E-state index contributed by atoms with van der Waals surface area (Å²) in [5, 5.41) is 0. The number of nitrogen functional groups attached to an aromatic ring is 1. The Morgan fingerprint density at radius 1 is 1.32 bits per heavy atom. The largest absolute Gasteiger partial charge is 0.487 e. The Balaban J connectivity index is 2.84. The summed E-state index contributed by atoms with van der Waals surface area (Å²) in [7, 11) is 0. The van der Waals surface area contributed by atoms with E-state index in [1.54, 1.807) is 25.1 Å². The lowest BCUT2D eigenvalue weighted by molar-refractivity contribution is 0.0495. The molecule has 5 heteroatoms. The van der Waals surface area contributed by atoms with E-state index in [9.17, 15) is 4.79 Å². The molecule has 0 bridgehead atoms. The maximum Gasteiger partial charge on any atom is 0.341 e. The molecule has 1 aromatic rings. The van der Waals surface area contributed by atoms with Crippen molar-refractivity contribution in [1.82, 2.24) is 0 Å². The molecule has 0 aliphatic carbocycles. The fourth-order valence-corrected chi connectivity index (χ4v) is 1.55. The van der Waals surface area contributed by atoms with Gasteiger partial charge in [-0.1, -0.05) is 0 Å². The zero-order chi connectivity index (χ0) is 14.3. The van der Waals surface area contributed by atoms with Crippen LogP contribution in [0.25, 0.3) is 0 Å². The quantitative estimate of drug-likeness (QED) is 0.606. The highest BCUT2D eigenvalue weighted by atomic mass is 16.5. The minimum absolute atomic E-state index is 0.156. The van der Waals surface area contributed by atoms with E-state index < -0.39 is 5.97 Å². The van der Waals surface area contributed by atoms with E-state index in [0.717, 1.165) is 0 Å². The number of hydrogen-bond donors (Lipinski definition) is 1. The third-order valence-electron chi connectivity index (χ3n) is 2.38. The van der Waals surface area contributed by atoms with Gasteiger partial charge >= 0.3 is 5.97 Å². The molecule has 106 valence electrons. The molecule has 1 unspecified atom stereocenters. The van der Waals surface area contributed by atoms with Crippen LogP contribution in [0.4, 0.5) is 5.69 Å². The maximum absolute atomic E-state index is 11.8. The number of rotatable bonds is 7. The zero-order valence-electron chi connectivity index (χ0n) is 11.6. The van der Waals surface area contributed by atoms with Crippen LogP contribution in [0.3, 0.4) is 0 Å². The lowest BCUT2D eigenvalue weighted by atomic mass is 10.2. The van der Waals surface area contributed by atoms with Crippen molar-refractivity contribution in [1.29, 1.82) is 0 Å². The van der Waals surface area contributed by atoms with Gasteiger partial charge in [0.05, 0.1) is 13.2 Å². The molecule has 2 N–H and O–H groups in total. The van der Waals surface area contributed by atoms with Crippen molar-refractivity contribution in [3.8, 4) is 5.75 Å². The molecule has 1 aromatic carbocycles. The fourth-order valence-electron chi connectivity index (χ4n) is 1.55. The minimum Gasteiger partial charge on any atom is -0.487 e. The number of benzene rings is 1. The second-order valence-electron chi connectivity index (χ2n) is 4.06. The number of anilines is 1. The van der Waals surface area contributed by atoms with Crippen LogP contribution in [0.2, 0.25) is 0 Å². The third kappa shape index (κ3) is 4.79. The van der Waals surface area contributed by atoms with Gasteiger partial charge in [0.1, 0.15) is 17.4 Å². The maximum atomic E-state index is 11.8. The first-order valence-corrected chi connectivity index (χ1v) is 6.39. The Kier molecular flexibility index (Phi) is 6.15. The van der Waals surface area contributed by atoms with Gasteiger partial charge in [-0.25, -0.2) is 4.79 Å². The van der Waals surface area contributed by atoms with Crippen LogP contribution in [0.5, 0.6) is 5.75 Å². The third-order valence-corrected chi connectivity index (χ3v) is 2.38. The molecule has 1 rings (SSSR count). The first-order chi connectivity index (χ1) is 9.08. The monoisotopic (exact) mass is 267 g/mol. The SMILES string of the molecule is CCOCC(C)Oc1ccc(N)cc1C(=O)OCC. The van der Waals surface area contributed by atoms with E-state index >= 15 is 0 Å². The highest BCUT2D eigenvalue weighted by Crippen LogP contribution is 2.23. The molecule has 0 aliphatic heterocycles. The predicted molar refractivity (Wildman–Crippen MR) is 73.4 cm³/mol. The van der Waals surface area contributed by atoms with E-state index in [1.165, 1.54) is 0 Å². The Hall–Kier alpha value is -1.75. The van der Waals surface area contributed by atoms with Crippen molar-refractivity contribution in [3.05, 3.63) is 23.8 Å². The summed E-state index contributed by atoms with van der Waals surface area (Å²) < 4.78 is 15.9. The van der Waals surface area contributed by atoms with Crippen molar-refractivity contribution in [2.45, 2.75) is 26.9 Å². The van der Waals surface area contributed by atoms with Crippen LogP contribution in [-0.2, 0) is 9.47 Å². The number of hydrogen-bond acceptors (Lipinski definition) is 5. The molecule has 0 saturated carbocycles. The smallest absolute Gasteiger partial charge is 0.341 e. The second kappa shape index (κ2) is 7.63. The van der Waals surface area contributed by atoms with E-state index in [0.29, 0.717) is 36.8 Å². The lowest BCUT2D eigenvalue weighted by Crippen LogP contribution is -2.20. The molecular weight excluding hydrogens is 246 g/mol. The average Bonchev–Trinajstić information content (AvgIpc) is 2.38. The van der Waals surface area contributed by atoms with Crippen molar-refractivity contribution < 1.29 is 19.0 Å². The molecular formula is C14H21NO4. The average molecular weight is 267 g/mol. The summed E-state index contributed by atoms with van der Waals surface area (Å²) in [6, 6.07) is 4.91. The van der Waals surface area contributed by atoms with Gasteiger partial charge in [0.25, 0.3) is 0 Å². The van der Waals surface area contributed by atoms with Crippen LogP contribution in [0, 0.1) is 0 Å². The highest BCUT2D eigenvalue weighted by molar-refractivity contribution is 5.93. The van der Waals surface area contributed by atoms with Gasteiger partial charge in [-0.15, -0.1) is 0 Å². The number of ether oxygens (including phenoxy) is 3.